The third-order valence-corrected chi connectivity index (χ3v) is 3.29. The zero-order chi connectivity index (χ0) is 17.6. The van der Waals surface area contributed by atoms with Crippen LogP contribution in [0.5, 0.6) is 0 Å². The van der Waals surface area contributed by atoms with Crippen molar-refractivity contribution in [2.75, 3.05) is 7.05 Å². The summed E-state index contributed by atoms with van der Waals surface area (Å²) in [5, 5.41) is 2.29. The van der Waals surface area contributed by atoms with E-state index in [9.17, 15) is 28.0 Å². The van der Waals surface area contributed by atoms with Gasteiger partial charge in [-0.15, -0.1) is 0 Å². The predicted molar refractivity (Wildman–Crippen MR) is 76.5 cm³/mol. The van der Waals surface area contributed by atoms with Gasteiger partial charge >= 0.3 is 0 Å². The maximum atomic E-state index is 13.4. The number of hydrogen-bond acceptors (Lipinski definition) is 4. The smallest absolute Gasteiger partial charge is 0.261 e. The first-order chi connectivity index (χ1) is 10.9. The fourth-order valence-corrected chi connectivity index (χ4v) is 2.07. The average Bonchev–Trinajstić information content (AvgIpc) is 2.53. The monoisotopic (exact) mass is 326 g/mol. The van der Waals surface area contributed by atoms with Crippen LogP contribution in [0.3, 0.4) is 0 Å². The second-order valence-electron chi connectivity index (χ2n) is 4.77. The lowest BCUT2D eigenvalue weighted by Crippen LogP contribution is -2.48. The Kier molecular flexibility index (Phi) is 6.49. The first-order valence-electron chi connectivity index (χ1n) is 6.76. The molecular formula is C15H16F2N2O4. The van der Waals surface area contributed by atoms with Crippen LogP contribution in [0.2, 0.25) is 0 Å². The van der Waals surface area contributed by atoms with Crippen molar-refractivity contribution in [3.63, 3.8) is 0 Å². The summed E-state index contributed by atoms with van der Waals surface area (Å²) in [7, 11) is 1.31. The Morgan fingerprint density at radius 1 is 1.26 bits per heavy atom. The Hall–Kier alpha value is -2.64. The van der Waals surface area contributed by atoms with Crippen molar-refractivity contribution in [2.45, 2.75) is 25.8 Å². The average molecular weight is 326 g/mol. The molecule has 0 aliphatic rings. The number of nitrogens with one attached hydrogen (secondary N) is 1. The van der Waals surface area contributed by atoms with Crippen LogP contribution in [-0.4, -0.2) is 42.5 Å². The molecule has 8 heteroatoms. The van der Waals surface area contributed by atoms with E-state index in [0.717, 1.165) is 6.07 Å². The number of likely N-dealkylation sites (N-methyl/N-ethyl adjacent to an activating group) is 1. The number of carbonyl (C=O) groups is 4. The minimum Gasteiger partial charge on any atom is -0.357 e. The zero-order valence-corrected chi connectivity index (χ0v) is 12.6. The summed E-state index contributed by atoms with van der Waals surface area (Å²) in [6, 6.07) is 0.276. The number of imide groups is 1. The molecule has 0 aromatic heterocycles. The van der Waals surface area contributed by atoms with Crippen LogP contribution in [0.4, 0.5) is 8.78 Å². The lowest BCUT2D eigenvalue weighted by atomic mass is 10.0. The highest BCUT2D eigenvalue weighted by atomic mass is 19.2. The molecule has 0 aliphatic heterocycles. The van der Waals surface area contributed by atoms with Gasteiger partial charge in [-0.05, 0) is 31.0 Å². The van der Waals surface area contributed by atoms with E-state index in [4.69, 9.17) is 0 Å². The number of halogens is 2. The molecule has 3 amide bonds. The van der Waals surface area contributed by atoms with Gasteiger partial charge in [0.2, 0.25) is 12.3 Å². The molecule has 1 aromatic rings. The van der Waals surface area contributed by atoms with E-state index in [0.29, 0.717) is 17.3 Å². The first-order valence-corrected chi connectivity index (χ1v) is 6.76. The molecule has 1 rings (SSSR count). The summed E-state index contributed by atoms with van der Waals surface area (Å²) >= 11 is 0. The van der Waals surface area contributed by atoms with Crippen LogP contribution < -0.4 is 5.32 Å². The summed E-state index contributed by atoms with van der Waals surface area (Å²) in [5.74, 6) is -3.96. The van der Waals surface area contributed by atoms with Gasteiger partial charge in [-0.1, -0.05) is 0 Å². The number of nitrogens with zero attached hydrogens (tertiary/aromatic N) is 1. The van der Waals surface area contributed by atoms with Crippen molar-refractivity contribution in [3.8, 4) is 0 Å². The second-order valence-corrected chi connectivity index (χ2v) is 4.77. The largest absolute Gasteiger partial charge is 0.357 e. The van der Waals surface area contributed by atoms with Crippen molar-refractivity contribution in [2.24, 2.45) is 0 Å². The van der Waals surface area contributed by atoms with Crippen LogP contribution >= 0.6 is 0 Å². The molecule has 1 aromatic carbocycles. The Balaban J connectivity index is 3.23. The van der Waals surface area contributed by atoms with E-state index in [2.05, 4.69) is 5.32 Å². The van der Waals surface area contributed by atoms with Crippen LogP contribution in [0.25, 0.3) is 0 Å². The maximum absolute atomic E-state index is 13.4. The molecule has 0 saturated carbocycles. The molecule has 1 atom stereocenters. The third kappa shape index (κ3) is 4.18. The van der Waals surface area contributed by atoms with Gasteiger partial charge in [0, 0.05) is 19.0 Å². The number of rotatable bonds is 7. The van der Waals surface area contributed by atoms with Gasteiger partial charge in [0.05, 0.1) is 0 Å². The molecule has 0 aliphatic carbocycles. The molecule has 0 radical (unpaired) electrons. The molecule has 124 valence electrons. The normalized spacial score (nSPS) is 11.5. The third-order valence-electron chi connectivity index (χ3n) is 3.29. The molecule has 0 spiro atoms. The van der Waals surface area contributed by atoms with Crippen LogP contribution in [0.15, 0.2) is 12.1 Å². The standard InChI is InChI=1S/C15H16F2N2O4/c1-9-6-11(16)12(17)7-10(9)15(23)19(8-21)13(4-3-5-20)14(22)18-2/h5-8,13H,3-4H2,1-2H3,(H,18,22). The number of aryl methyl sites for hydroxylation is 1. The minimum absolute atomic E-state index is 0.0491. The molecule has 0 fully saturated rings. The van der Waals surface area contributed by atoms with E-state index < -0.39 is 29.5 Å². The number of carbonyl (C=O) groups excluding carboxylic acids is 4. The molecule has 0 heterocycles. The molecule has 0 saturated heterocycles. The van der Waals surface area contributed by atoms with E-state index in [-0.39, 0.29) is 30.4 Å². The van der Waals surface area contributed by atoms with Crippen molar-refractivity contribution in [1.29, 1.82) is 0 Å². The van der Waals surface area contributed by atoms with Crippen LogP contribution in [0.1, 0.15) is 28.8 Å². The van der Waals surface area contributed by atoms with Gasteiger partial charge in [0.15, 0.2) is 11.6 Å². The summed E-state index contributed by atoms with van der Waals surface area (Å²) in [4.78, 5) is 46.6. The van der Waals surface area contributed by atoms with Gasteiger partial charge in [-0.25, -0.2) is 8.78 Å². The van der Waals surface area contributed by atoms with E-state index in [1.54, 1.807) is 0 Å². The fourth-order valence-electron chi connectivity index (χ4n) is 2.07. The lowest BCUT2D eigenvalue weighted by molar-refractivity contribution is -0.131. The molecule has 0 bridgehead atoms. The number of benzene rings is 1. The molecule has 23 heavy (non-hydrogen) atoms. The van der Waals surface area contributed by atoms with Crippen molar-refractivity contribution >= 4 is 24.5 Å². The van der Waals surface area contributed by atoms with Gasteiger partial charge in [-0.2, -0.15) is 0 Å². The highest BCUT2D eigenvalue weighted by Gasteiger charge is 2.30. The fraction of sp³-hybridized carbons (Fsp3) is 0.333. The Bertz CT molecular complexity index is 634. The van der Waals surface area contributed by atoms with Crippen molar-refractivity contribution in [1.82, 2.24) is 10.2 Å². The van der Waals surface area contributed by atoms with Gasteiger partial charge in [0.25, 0.3) is 5.91 Å². The van der Waals surface area contributed by atoms with E-state index in [1.165, 1.54) is 14.0 Å². The van der Waals surface area contributed by atoms with Crippen molar-refractivity contribution < 1.29 is 28.0 Å². The number of aldehydes is 1. The van der Waals surface area contributed by atoms with E-state index in [1.807, 2.05) is 0 Å². The maximum Gasteiger partial charge on any atom is 0.261 e. The summed E-state index contributed by atoms with van der Waals surface area (Å²) in [6.07, 6.45) is 0.558. The highest BCUT2D eigenvalue weighted by molar-refractivity contribution is 6.04. The molecule has 6 nitrogen and oxygen atoms in total. The van der Waals surface area contributed by atoms with Crippen LogP contribution in [0, 0.1) is 18.6 Å². The topological polar surface area (TPSA) is 83.6 Å². The first kappa shape index (κ1) is 18.4. The molecule has 1 N–H and O–H groups in total. The lowest BCUT2D eigenvalue weighted by Gasteiger charge is -2.25. The van der Waals surface area contributed by atoms with Gasteiger partial charge < -0.3 is 10.1 Å². The SMILES string of the molecule is CNC(=O)C(CCC=O)N(C=O)C(=O)c1cc(F)c(F)cc1C. The molecule has 1 unspecified atom stereocenters. The van der Waals surface area contributed by atoms with Gasteiger partial charge in [0.1, 0.15) is 12.3 Å². The number of hydrogen-bond donors (Lipinski definition) is 1. The predicted octanol–water partition coefficient (Wildman–Crippen LogP) is 0.966. The van der Waals surface area contributed by atoms with E-state index >= 15 is 0 Å². The Labute approximate surface area is 131 Å². The second kappa shape index (κ2) is 8.11. The van der Waals surface area contributed by atoms with Crippen molar-refractivity contribution in [3.05, 3.63) is 34.9 Å². The quantitative estimate of drug-likeness (QED) is 0.757. The molecular weight excluding hydrogens is 310 g/mol. The summed E-state index contributed by atoms with van der Waals surface area (Å²) < 4.78 is 26.5. The van der Waals surface area contributed by atoms with Gasteiger partial charge in [-0.3, -0.25) is 19.3 Å². The Morgan fingerprint density at radius 3 is 2.39 bits per heavy atom. The zero-order valence-electron chi connectivity index (χ0n) is 12.6. The van der Waals surface area contributed by atoms with Crippen LogP contribution in [-0.2, 0) is 14.4 Å². The summed E-state index contributed by atoms with van der Waals surface area (Å²) in [5.41, 5.74) is -0.122. The number of amides is 3. The Morgan fingerprint density at radius 2 is 1.87 bits per heavy atom. The summed E-state index contributed by atoms with van der Waals surface area (Å²) in [6.45, 7) is 1.37. The minimum atomic E-state index is -1.24. The highest BCUT2D eigenvalue weighted by Crippen LogP contribution is 2.18.